The van der Waals surface area contributed by atoms with E-state index in [9.17, 15) is 0 Å². The van der Waals surface area contributed by atoms with E-state index >= 15 is 0 Å². The van der Waals surface area contributed by atoms with E-state index in [1.165, 1.54) is 0 Å². The van der Waals surface area contributed by atoms with Crippen LogP contribution < -0.4 is 0 Å². The van der Waals surface area contributed by atoms with Gasteiger partial charge in [-0.2, -0.15) is 5.10 Å². The SMILES string of the molecule is C(#Cc1ccccn1)c1ccccc1.CC.CC.CC.CC.c1ccc(-c2cc3ccccn3n2)cc1. The highest BCUT2D eigenvalue weighted by Crippen LogP contribution is 2.18. The molecule has 0 atom stereocenters. The van der Waals surface area contributed by atoms with Crippen LogP contribution in [0, 0.1) is 11.8 Å². The van der Waals surface area contributed by atoms with Crippen LogP contribution in [0.5, 0.6) is 0 Å². The molecule has 0 saturated carbocycles. The number of hydrogen-bond donors (Lipinski definition) is 0. The molecule has 37 heavy (non-hydrogen) atoms. The van der Waals surface area contributed by atoms with Crippen LogP contribution >= 0.6 is 0 Å². The summed E-state index contributed by atoms with van der Waals surface area (Å²) in [7, 11) is 0. The summed E-state index contributed by atoms with van der Waals surface area (Å²) < 4.78 is 1.89. The van der Waals surface area contributed by atoms with Crippen LogP contribution in [-0.2, 0) is 0 Å². The van der Waals surface area contributed by atoms with Crippen molar-refractivity contribution in [3.05, 3.63) is 127 Å². The van der Waals surface area contributed by atoms with Crippen molar-refractivity contribution in [1.82, 2.24) is 14.6 Å². The standard InChI is InChI=1S/C13H10N2.C13H9N.4C2H6/c1-2-6-11(7-3-1)13-10-12-8-4-5-9-15(12)14-13;1-2-6-12(7-3-1)9-10-13-8-4-5-11-14-13;4*1-2/h1-10H;1-8,11H;4*1-2H3. The largest absolute Gasteiger partial charge is 0.248 e. The molecule has 5 aromatic rings. The minimum absolute atomic E-state index is 0.802. The Balaban J connectivity index is 0.000000554. The first-order valence-corrected chi connectivity index (χ1v) is 13.4. The topological polar surface area (TPSA) is 30.2 Å². The maximum atomic E-state index is 4.50. The van der Waals surface area contributed by atoms with E-state index in [-0.39, 0.29) is 0 Å². The number of nitrogens with zero attached hydrogens (tertiary/aromatic N) is 3. The van der Waals surface area contributed by atoms with Crippen molar-refractivity contribution in [2.75, 3.05) is 0 Å². The molecule has 2 aromatic carbocycles. The van der Waals surface area contributed by atoms with Gasteiger partial charge in [0.05, 0.1) is 11.2 Å². The van der Waals surface area contributed by atoms with Crippen LogP contribution in [0.25, 0.3) is 16.8 Å². The fraction of sp³-hybridized carbons (Fsp3) is 0.235. The summed E-state index contributed by atoms with van der Waals surface area (Å²) in [6.07, 6.45) is 3.71. The molecule has 0 spiro atoms. The van der Waals surface area contributed by atoms with E-state index in [0.29, 0.717) is 0 Å². The Morgan fingerprint density at radius 1 is 0.568 bits per heavy atom. The number of benzene rings is 2. The third-order valence-electron chi connectivity index (χ3n) is 4.21. The molecule has 0 amide bonds. The first-order chi connectivity index (χ1) is 18.4. The van der Waals surface area contributed by atoms with Gasteiger partial charge in [0.25, 0.3) is 0 Å². The zero-order valence-electron chi connectivity index (χ0n) is 23.8. The molecule has 0 unspecified atom stereocenters. The van der Waals surface area contributed by atoms with Gasteiger partial charge in [-0.25, -0.2) is 9.50 Å². The highest BCUT2D eigenvalue weighted by Gasteiger charge is 2.02. The summed E-state index contributed by atoms with van der Waals surface area (Å²) in [5.74, 6) is 6.05. The van der Waals surface area contributed by atoms with Gasteiger partial charge in [0, 0.05) is 23.5 Å². The quantitative estimate of drug-likeness (QED) is 0.218. The van der Waals surface area contributed by atoms with E-state index in [1.807, 2.05) is 145 Å². The third-order valence-corrected chi connectivity index (χ3v) is 4.21. The van der Waals surface area contributed by atoms with Crippen LogP contribution in [0.3, 0.4) is 0 Å². The smallest absolute Gasteiger partial charge is 0.113 e. The molecule has 0 N–H and O–H groups in total. The Bertz CT molecular complexity index is 1160. The number of aromatic nitrogens is 3. The van der Waals surface area contributed by atoms with Gasteiger partial charge in [-0.3, -0.25) is 0 Å². The van der Waals surface area contributed by atoms with Gasteiger partial charge in [0.2, 0.25) is 0 Å². The van der Waals surface area contributed by atoms with Crippen molar-refractivity contribution < 1.29 is 0 Å². The van der Waals surface area contributed by atoms with Gasteiger partial charge in [-0.1, -0.05) is 122 Å². The van der Waals surface area contributed by atoms with Crippen molar-refractivity contribution >= 4 is 5.52 Å². The van der Waals surface area contributed by atoms with E-state index in [0.717, 1.165) is 28.0 Å². The van der Waals surface area contributed by atoms with Crippen LogP contribution in [0.4, 0.5) is 0 Å². The first kappa shape index (κ1) is 32.8. The summed E-state index contributed by atoms with van der Waals surface area (Å²) in [6, 6.07) is 34.0. The third kappa shape index (κ3) is 12.4. The fourth-order valence-corrected chi connectivity index (χ4v) is 2.78. The molecule has 0 aliphatic rings. The average Bonchev–Trinajstić information content (AvgIpc) is 3.47. The number of hydrogen-bond acceptors (Lipinski definition) is 2. The summed E-state index contributed by atoms with van der Waals surface area (Å²) >= 11 is 0. The monoisotopic (exact) mass is 493 g/mol. The van der Waals surface area contributed by atoms with Gasteiger partial charge >= 0.3 is 0 Å². The Kier molecular flexibility index (Phi) is 19.8. The maximum Gasteiger partial charge on any atom is 0.113 e. The molecule has 0 saturated heterocycles. The minimum Gasteiger partial charge on any atom is -0.248 e. The second-order valence-electron chi connectivity index (χ2n) is 6.30. The van der Waals surface area contributed by atoms with Gasteiger partial charge in [0.15, 0.2) is 0 Å². The van der Waals surface area contributed by atoms with Crippen molar-refractivity contribution in [2.45, 2.75) is 55.4 Å². The Labute approximate surface area is 225 Å². The van der Waals surface area contributed by atoms with Crippen molar-refractivity contribution in [3.8, 4) is 23.1 Å². The lowest BCUT2D eigenvalue weighted by Crippen LogP contribution is -1.84. The lowest BCUT2D eigenvalue weighted by atomic mass is 10.1. The van der Waals surface area contributed by atoms with E-state index in [4.69, 9.17) is 0 Å². The van der Waals surface area contributed by atoms with E-state index in [1.54, 1.807) is 6.20 Å². The number of rotatable bonds is 1. The molecule has 0 aliphatic carbocycles. The molecule has 3 heteroatoms. The Morgan fingerprint density at radius 2 is 1.14 bits per heavy atom. The lowest BCUT2D eigenvalue weighted by molar-refractivity contribution is 0.966. The molecule has 3 nitrogen and oxygen atoms in total. The molecule has 0 fully saturated rings. The highest BCUT2D eigenvalue weighted by molar-refractivity contribution is 5.65. The molecule has 0 bridgehead atoms. The molecule has 3 aromatic heterocycles. The Morgan fingerprint density at radius 3 is 1.70 bits per heavy atom. The van der Waals surface area contributed by atoms with Crippen LogP contribution in [0.1, 0.15) is 66.6 Å². The second-order valence-corrected chi connectivity index (χ2v) is 6.30. The van der Waals surface area contributed by atoms with Gasteiger partial charge < -0.3 is 0 Å². The van der Waals surface area contributed by atoms with E-state index < -0.39 is 0 Å². The van der Waals surface area contributed by atoms with Crippen molar-refractivity contribution in [3.63, 3.8) is 0 Å². The molecule has 194 valence electrons. The average molecular weight is 494 g/mol. The van der Waals surface area contributed by atoms with Crippen LogP contribution in [-0.4, -0.2) is 14.6 Å². The summed E-state index contributed by atoms with van der Waals surface area (Å²) in [6.45, 7) is 16.0. The number of pyridine rings is 2. The van der Waals surface area contributed by atoms with Crippen LogP contribution in [0.2, 0.25) is 0 Å². The van der Waals surface area contributed by atoms with Crippen molar-refractivity contribution in [1.29, 1.82) is 0 Å². The molecule has 5 rings (SSSR count). The summed E-state index contributed by atoms with van der Waals surface area (Å²) in [4.78, 5) is 4.12. The molecular formula is C34H43N3. The number of fused-ring (bicyclic) bond motifs is 1. The summed E-state index contributed by atoms with van der Waals surface area (Å²) in [5, 5.41) is 4.50. The lowest BCUT2D eigenvalue weighted by Gasteiger charge is -1.92. The molecular weight excluding hydrogens is 450 g/mol. The Hall–Kier alpha value is -4.16. The highest BCUT2D eigenvalue weighted by atomic mass is 15.2. The normalized spacial score (nSPS) is 8.32. The van der Waals surface area contributed by atoms with Gasteiger partial charge in [-0.15, -0.1) is 0 Å². The minimum atomic E-state index is 0.802. The molecule has 0 aliphatic heterocycles. The molecule has 3 heterocycles. The van der Waals surface area contributed by atoms with Crippen molar-refractivity contribution in [2.24, 2.45) is 0 Å². The predicted molar refractivity (Wildman–Crippen MR) is 163 cm³/mol. The maximum absolute atomic E-state index is 4.50. The fourth-order valence-electron chi connectivity index (χ4n) is 2.78. The zero-order chi connectivity index (χ0) is 27.7. The van der Waals surface area contributed by atoms with Crippen LogP contribution in [0.15, 0.2) is 116 Å². The summed E-state index contributed by atoms with van der Waals surface area (Å²) in [5.41, 5.74) is 5.11. The van der Waals surface area contributed by atoms with E-state index in [2.05, 4.69) is 46.2 Å². The van der Waals surface area contributed by atoms with Gasteiger partial charge in [-0.05, 0) is 48.4 Å². The predicted octanol–water partition coefficient (Wildman–Crippen LogP) is 9.59. The second kappa shape index (κ2) is 22.3. The molecule has 0 radical (unpaired) electrons. The van der Waals surface area contributed by atoms with Gasteiger partial charge in [0.1, 0.15) is 5.69 Å². The first-order valence-electron chi connectivity index (χ1n) is 13.4. The zero-order valence-corrected chi connectivity index (χ0v) is 23.8.